The fraction of sp³-hybridized carbons (Fsp3) is 0.273. The van der Waals surface area contributed by atoms with Crippen LogP contribution in [0.3, 0.4) is 0 Å². The van der Waals surface area contributed by atoms with Gasteiger partial charge in [-0.2, -0.15) is 5.26 Å². The Morgan fingerprint density at radius 1 is 1.53 bits per heavy atom. The summed E-state index contributed by atoms with van der Waals surface area (Å²) in [6.07, 6.45) is -0.280. The number of amides is 1. The molecule has 1 rings (SSSR count). The highest BCUT2D eigenvalue weighted by Crippen LogP contribution is 2.13. The van der Waals surface area contributed by atoms with Crippen LogP contribution in [0.15, 0.2) is 24.3 Å². The van der Waals surface area contributed by atoms with Gasteiger partial charge in [0.1, 0.15) is 5.75 Å². The smallest absolute Gasteiger partial charge is 0.258 e. The number of carbonyl (C=O) groups excluding carboxylic acids is 1. The minimum absolute atomic E-state index is 0.367. The van der Waals surface area contributed by atoms with E-state index < -0.39 is 12.0 Å². The normalized spacial score (nSPS) is 11.5. The van der Waals surface area contributed by atoms with E-state index in [4.69, 9.17) is 15.7 Å². The van der Waals surface area contributed by atoms with Crippen LogP contribution in [0.25, 0.3) is 0 Å². The number of nitrogens with zero attached hydrogens (tertiary/aromatic N) is 1. The Morgan fingerprint density at radius 3 is 2.60 bits per heavy atom. The lowest BCUT2D eigenvalue weighted by atomic mass is 10.2. The van der Waals surface area contributed by atoms with Gasteiger partial charge < -0.3 is 10.5 Å². The Labute approximate surface area is 88.3 Å². The molecule has 0 aliphatic carbocycles. The maximum Gasteiger partial charge on any atom is 0.258 e. The molecule has 78 valence electrons. The van der Waals surface area contributed by atoms with E-state index in [1.54, 1.807) is 31.2 Å². The van der Waals surface area contributed by atoms with Crippen LogP contribution in [0.2, 0.25) is 0 Å². The molecule has 4 nitrogen and oxygen atoms in total. The van der Waals surface area contributed by atoms with E-state index in [9.17, 15) is 4.79 Å². The largest absolute Gasteiger partial charge is 0.481 e. The molecule has 1 aromatic rings. The van der Waals surface area contributed by atoms with Crippen molar-refractivity contribution in [3.8, 4) is 11.8 Å². The van der Waals surface area contributed by atoms with Crippen LogP contribution in [0, 0.1) is 11.3 Å². The molecule has 0 heterocycles. The number of benzene rings is 1. The van der Waals surface area contributed by atoms with Gasteiger partial charge in [-0.15, -0.1) is 0 Å². The molecule has 0 saturated heterocycles. The van der Waals surface area contributed by atoms with Crippen LogP contribution >= 0.6 is 0 Å². The Morgan fingerprint density at radius 2 is 2.13 bits per heavy atom. The standard InChI is InChI=1S/C11H12N2O2/c1-8(11(13)14)15-10-4-2-9(3-5-10)6-7-12/h2-5,8H,6H2,1H3,(H2,13,14). The van der Waals surface area contributed by atoms with Crippen LogP contribution in [0.4, 0.5) is 0 Å². The van der Waals surface area contributed by atoms with Gasteiger partial charge >= 0.3 is 0 Å². The molecule has 0 aliphatic heterocycles. The van der Waals surface area contributed by atoms with Gasteiger partial charge in [-0.25, -0.2) is 0 Å². The Balaban J connectivity index is 2.65. The molecule has 2 N–H and O–H groups in total. The van der Waals surface area contributed by atoms with Crippen molar-refractivity contribution in [1.29, 1.82) is 5.26 Å². The van der Waals surface area contributed by atoms with Crippen LogP contribution in [-0.4, -0.2) is 12.0 Å². The average molecular weight is 204 g/mol. The zero-order valence-electron chi connectivity index (χ0n) is 8.43. The third kappa shape index (κ3) is 3.31. The average Bonchev–Trinajstić information content (AvgIpc) is 2.21. The molecule has 1 aromatic carbocycles. The molecule has 0 aliphatic rings. The van der Waals surface area contributed by atoms with Gasteiger partial charge in [0, 0.05) is 0 Å². The van der Waals surface area contributed by atoms with Crippen molar-refractivity contribution in [2.75, 3.05) is 0 Å². The van der Waals surface area contributed by atoms with Gasteiger partial charge in [0.05, 0.1) is 12.5 Å². The molecule has 15 heavy (non-hydrogen) atoms. The highest BCUT2D eigenvalue weighted by atomic mass is 16.5. The predicted octanol–water partition coefficient (Wildman–Crippen LogP) is 1.01. The number of primary amides is 1. The van der Waals surface area contributed by atoms with Crippen molar-refractivity contribution in [2.24, 2.45) is 5.73 Å². The molecule has 1 atom stereocenters. The van der Waals surface area contributed by atoms with E-state index in [2.05, 4.69) is 0 Å². The maximum atomic E-state index is 10.7. The number of ether oxygens (including phenoxy) is 1. The molecule has 4 heteroatoms. The zero-order chi connectivity index (χ0) is 11.3. The van der Waals surface area contributed by atoms with Crippen LogP contribution < -0.4 is 10.5 Å². The molecule has 0 radical (unpaired) electrons. The predicted molar refractivity (Wildman–Crippen MR) is 55.0 cm³/mol. The number of rotatable bonds is 4. The van der Waals surface area contributed by atoms with Gasteiger partial charge in [-0.1, -0.05) is 12.1 Å². The van der Waals surface area contributed by atoms with E-state index in [1.165, 1.54) is 0 Å². The summed E-state index contributed by atoms with van der Waals surface area (Å²) in [5.41, 5.74) is 5.97. The van der Waals surface area contributed by atoms with E-state index >= 15 is 0 Å². The van der Waals surface area contributed by atoms with E-state index in [1.807, 2.05) is 6.07 Å². The Bertz CT molecular complexity index is 379. The molecule has 0 bridgehead atoms. The fourth-order valence-electron chi connectivity index (χ4n) is 1.04. The van der Waals surface area contributed by atoms with E-state index in [0.717, 1.165) is 5.56 Å². The monoisotopic (exact) mass is 204 g/mol. The minimum Gasteiger partial charge on any atom is -0.481 e. The summed E-state index contributed by atoms with van der Waals surface area (Å²) in [5.74, 6) is 0.0686. The lowest BCUT2D eigenvalue weighted by molar-refractivity contribution is -0.123. The highest BCUT2D eigenvalue weighted by molar-refractivity contribution is 5.78. The second-order valence-corrected chi connectivity index (χ2v) is 3.14. The summed E-state index contributed by atoms with van der Waals surface area (Å²) in [6, 6.07) is 9.04. The van der Waals surface area contributed by atoms with Gasteiger partial charge in [-0.05, 0) is 24.6 Å². The molecule has 0 fully saturated rings. The topological polar surface area (TPSA) is 76.1 Å². The molecular formula is C11H12N2O2. The molecule has 0 saturated carbocycles. The number of nitrogens with two attached hydrogens (primary N) is 1. The van der Waals surface area contributed by atoms with Crippen LogP contribution in [0.1, 0.15) is 12.5 Å². The Hall–Kier alpha value is -2.02. The van der Waals surface area contributed by atoms with Crippen molar-refractivity contribution in [3.05, 3.63) is 29.8 Å². The lowest BCUT2D eigenvalue weighted by Gasteiger charge is -2.10. The third-order valence-electron chi connectivity index (χ3n) is 1.92. The van der Waals surface area contributed by atoms with Crippen molar-refractivity contribution in [2.45, 2.75) is 19.4 Å². The molecule has 1 amide bonds. The summed E-state index contributed by atoms with van der Waals surface area (Å²) < 4.78 is 5.25. The SMILES string of the molecule is CC(Oc1ccc(CC#N)cc1)C(N)=O. The quantitative estimate of drug-likeness (QED) is 0.795. The zero-order valence-corrected chi connectivity index (χ0v) is 8.43. The second-order valence-electron chi connectivity index (χ2n) is 3.14. The first-order valence-corrected chi connectivity index (χ1v) is 4.55. The molecular weight excluding hydrogens is 192 g/mol. The van der Waals surface area contributed by atoms with Crippen molar-refractivity contribution in [1.82, 2.24) is 0 Å². The first-order chi connectivity index (χ1) is 7.13. The second kappa shape index (κ2) is 5.01. The Kier molecular flexibility index (Phi) is 3.69. The minimum atomic E-state index is -0.646. The highest BCUT2D eigenvalue weighted by Gasteiger charge is 2.09. The first kappa shape index (κ1) is 11.1. The van der Waals surface area contributed by atoms with E-state index in [-0.39, 0.29) is 0 Å². The van der Waals surface area contributed by atoms with E-state index in [0.29, 0.717) is 12.2 Å². The van der Waals surface area contributed by atoms with Crippen molar-refractivity contribution in [3.63, 3.8) is 0 Å². The fourth-order valence-corrected chi connectivity index (χ4v) is 1.04. The molecule has 1 unspecified atom stereocenters. The third-order valence-corrected chi connectivity index (χ3v) is 1.92. The molecule has 0 aromatic heterocycles. The summed E-state index contributed by atoms with van der Waals surface area (Å²) in [7, 11) is 0. The summed E-state index contributed by atoms with van der Waals surface area (Å²) >= 11 is 0. The summed E-state index contributed by atoms with van der Waals surface area (Å²) in [6.45, 7) is 1.59. The van der Waals surface area contributed by atoms with Crippen LogP contribution in [0.5, 0.6) is 5.75 Å². The lowest BCUT2D eigenvalue weighted by Crippen LogP contribution is -2.30. The van der Waals surface area contributed by atoms with Crippen LogP contribution in [-0.2, 0) is 11.2 Å². The molecule has 0 spiro atoms. The van der Waals surface area contributed by atoms with Gasteiger partial charge in [0.2, 0.25) is 0 Å². The van der Waals surface area contributed by atoms with Crippen molar-refractivity contribution < 1.29 is 9.53 Å². The maximum absolute atomic E-state index is 10.7. The number of hydrogen-bond donors (Lipinski definition) is 1. The van der Waals surface area contributed by atoms with Crippen molar-refractivity contribution >= 4 is 5.91 Å². The summed E-state index contributed by atoms with van der Waals surface area (Å²) in [4.78, 5) is 10.7. The first-order valence-electron chi connectivity index (χ1n) is 4.55. The van der Waals surface area contributed by atoms with Gasteiger partial charge in [-0.3, -0.25) is 4.79 Å². The van der Waals surface area contributed by atoms with Gasteiger partial charge in [0.15, 0.2) is 6.10 Å². The number of nitriles is 1. The number of hydrogen-bond acceptors (Lipinski definition) is 3. The number of carbonyl (C=O) groups is 1. The summed E-state index contributed by atoms with van der Waals surface area (Å²) in [5, 5.41) is 8.46. The van der Waals surface area contributed by atoms with Gasteiger partial charge in [0.25, 0.3) is 5.91 Å².